The Bertz CT molecular complexity index is 1170. The molecule has 0 spiro atoms. The molecule has 0 radical (unpaired) electrons. The number of carbonyl (C=O) groups is 1. The van der Waals surface area contributed by atoms with Gasteiger partial charge >= 0.3 is 0 Å². The number of piperidine rings is 1. The highest BCUT2D eigenvalue weighted by atomic mass is 35.5. The van der Waals surface area contributed by atoms with Crippen LogP contribution in [0.15, 0.2) is 54.4 Å². The lowest BCUT2D eigenvalue weighted by molar-refractivity contribution is -0.125. The van der Waals surface area contributed by atoms with Crippen molar-refractivity contribution in [3.63, 3.8) is 0 Å². The van der Waals surface area contributed by atoms with E-state index in [0.29, 0.717) is 11.6 Å². The molecule has 7 heteroatoms. The lowest BCUT2D eigenvalue weighted by Gasteiger charge is -2.33. The fourth-order valence-electron chi connectivity index (χ4n) is 4.95. The Morgan fingerprint density at radius 2 is 2.15 bits per heavy atom. The predicted octanol–water partition coefficient (Wildman–Crippen LogP) is 5.27. The molecule has 6 nitrogen and oxygen atoms in total. The van der Waals surface area contributed by atoms with E-state index in [2.05, 4.69) is 27.3 Å². The van der Waals surface area contributed by atoms with Crippen LogP contribution in [0.1, 0.15) is 44.9 Å². The summed E-state index contributed by atoms with van der Waals surface area (Å²) in [5.41, 5.74) is 4.27. The van der Waals surface area contributed by atoms with Crippen molar-refractivity contribution in [2.75, 3.05) is 24.5 Å². The Morgan fingerprint density at radius 1 is 1.21 bits per heavy atom. The van der Waals surface area contributed by atoms with Crippen molar-refractivity contribution in [1.29, 1.82) is 0 Å². The third-order valence-corrected chi connectivity index (χ3v) is 6.95. The van der Waals surface area contributed by atoms with Gasteiger partial charge in [-0.15, -0.1) is 0 Å². The molecule has 1 aliphatic heterocycles. The molecule has 1 amide bonds. The number of aromatic nitrogens is 3. The van der Waals surface area contributed by atoms with Crippen LogP contribution in [0.4, 0.5) is 5.82 Å². The Kier molecular flexibility index (Phi) is 6.63. The van der Waals surface area contributed by atoms with E-state index in [4.69, 9.17) is 16.7 Å². The quantitative estimate of drug-likeness (QED) is 0.505. The first-order valence-corrected chi connectivity index (χ1v) is 12.4. The zero-order chi connectivity index (χ0) is 22.6. The van der Waals surface area contributed by atoms with Crippen molar-refractivity contribution in [3.8, 4) is 11.3 Å². The van der Waals surface area contributed by atoms with E-state index in [1.54, 1.807) is 6.20 Å². The van der Waals surface area contributed by atoms with Gasteiger partial charge in [-0.25, -0.2) is 9.50 Å². The molecule has 0 saturated carbocycles. The molecule has 33 heavy (non-hydrogen) atoms. The van der Waals surface area contributed by atoms with Crippen molar-refractivity contribution < 1.29 is 4.79 Å². The maximum absolute atomic E-state index is 12.9. The summed E-state index contributed by atoms with van der Waals surface area (Å²) in [6.45, 7) is 2.31. The van der Waals surface area contributed by atoms with Crippen LogP contribution in [0.5, 0.6) is 0 Å². The predicted molar refractivity (Wildman–Crippen MR) is 133 cm³/mol. The second-order valence-electron chi connectivity index (χ2n) is 9.05. The molecular formula is C26H30ClN5O. The third kappa shape index (κ3) is 5.06. The molecule has 2 aromatic heterocycles. The topological polar surface area (TPSA) is 62.5 Å². The van der Waals surface area contributed by atoms with Gasteiger partial charge in [-0.3, -0.25) is 4.79 Å². The van der Waals surface area contributed by atoms with Crippen LogP contribution in [-0.4, -0.2) is 40.1 Å². The molecule has 1 saturated heterocycles. The first kappa shape index (κ1) is 22.0. The smallest absolute Gasteiger partial charge is 0.224 e. The SMILES string of the molecule is O=C(NCCC1=CCCCC1)[C@H]1CCCN(c2nccn3nc(-c4cccc(Cl)c4)cc23)C1. The average Bonchev–Trinajstić information content (AvgIpc) is 3.29. The summed E-state index contributed by atoms with van der Waals surface area (Å²) in [6.07, 6.45) is 13.8. The Labute approximate surface area is 199 Å². The van der Waals surface area contributed by atoms with E-state index in [1.165, 1.54) is 31.3 Å². The summed E-state index contributed by atoms with van der Waals surface area (Å²) in [7, 11) is 0. The lowest BCUT2D eigenvalue weighted by atomic mass is 9.96. The third-order valence-electron chi connectivity index (χ3n) is 6.71. The highest BCUT2D eigenvalue weighted by Crippen LogP contribution is 2.29. The van der Waals surface area contributed by atoms with Crippen molar-refractivity contribution in [2.24, 2.45) is 5.92 Å². The van der Waals surface area contributed by atoms with Crippen LogP contribution in [0, 0.1) is 5.92 Å². The molecular weight excluding hydrogens is 434 g/mol. The number of fused-ring (bicyclic) bond motifs is 1. The standard InChI is InChI=1S/C26H30ClN5O/c27-22-10-4-8-20(16-22)23-17-24-25(28-13-15-32(24)30-23)31-14-5-9-21(18-31)26(33)29-12-11-19-6-2-1-3-7-19/h4,6,8,10,13,15-17,21H,1-3,5,7,9,11-12,14,18H2,(H,29,33)/t21-/m0/s1. The highest BCUT2D eigenvalue weighted by molar-refractivity contribution is 6.30. The molecule has 1 N–H and O–H groups in total. The van der Waals surface area contributed by atoms with Crippen molar-refractivity contribution in [2.45, 2.75) is 44.9 Å². The van der Waals surface area contributed by atoms with Gasteiger partial charge in [-0.2, -0.15) is 5.10 Å². The van der Waals surface area contributed by atoms with Gasteiger partial charge in [0.05, 0.1) is 11.6 Å². The van der Waals surface area contributed by atoms with Gasteiger partial charge in [0.25, 0.3) is 0 Å². The Hall–Kier alpha value is -2.86. The second-order valence-corrected chi connectivity index (χ2v) is 9.49. The van der Waals surface area contributed by atoms with Crippen LogP contribution in [0.2, 0.25) is 5.02 Å². The minimum absolute atomic E-state index is 0.0172. The van der Waals surface area contributed by atoms with Crippen molar-refractivity contribution in [1.82, 2.24) is 19.9 Å². The van der Waals surface area contributed by atoms with E-state index in [1.807, 2.05) is 35.0 Å². The number of anilines is 1. The number of nitrogens with zero attached hydrogens (tertiary/aromatic N) is 4. The molecule has 5 rings (SSSR count). The number of amides is 1. The maximum Gasteiger partial charge on any atom is 0.224 e. The van der Waals surface area contributed by atoms with Crippen molar-refractivity contribution in [3.05, 3.63) is 59.4 Å². The molecule has 3 heterocycles. The summed E-state index contributed by atoms with van der Waals surface area (Å²) in [6, 6.07) is 9.76. The molecule has 0 bridgehead atoms. The number of nitrogens with one attached hydrogen (secondary N) is 1. The summed E-state index contributed by atoms with van der Waals surface area (Å²) >= 11 is 6.18. The Balaban J connectivity index is 1.28. The number of allylic oxidation sites excluding steroid dienone is 1. The number of halogens is 1. The molecule has 0 unspecified atom stereocenters. The molecule has 2 aliphatic rings. The van der Waals surface area contributed by atoms with E-state index in [0.717, 1.165) is 54.9 Å². The van der Waals surface area contributed by atoms with Gasteiger partial charge in [-0.1, -0.05) is 35.4 Å². The number of carbonyl (C=O) groups excluding carboxylic acids is 1. The lowest BCUT2D eigenvalue weighted by Crippen LogP contribution is -2.43. The summed E-state index contributed by atoms with van der Waals surface area (Å²) in [5.74, 6) is 1.02. The van der Waals surface area contributed by atoms with Gasteiger partial charge < -0.3 is 10.2 Å². The molecule has 1 fully saturated rings. The monoisotopic (exact) mass is 463 g/mol. The number of benzene rings is 1. The van der Waals surface area contributed by atoms with Crippen LogP contribution >= 0.6 is 11.6 Å². The summed E-state index contributed by atoms with van der Waals surface area (Å²) in [4.78, 5) is 19.8. The van der Waals surface area contributed by atoms with Crippen LogP contribution in [-0.2, 0) is 4.79 Å². The normalized spacial score (nSPS) is 18.9. The fourth-order valence-corrected chi connectivity index (χ4v) is 5.14. The van der Waals surface area contributed by atoms with Gasteiger partial charge in [0.2, 0.25) is 5.91 Å². The summed E-state index contributed by atoms with van der Waals surface area (Å²) < 4.78 is 1.86. The minimum atomic E-state index is -0.0172. The van der Waals surface area contributed by atoms with Gasteiger partial charge in [0, 0.05) is 42.6 Å². The first-order chi connectivity index (χ1) is 16.2. The minimum Gasteiger partial charge on any atom is -0.355 e. The van der Waals surface area contributed by atoms with Crippen LogP contribution < -0.4 is 10.2 Å². The highest BCUT2D eigenvalue weighted by Gasteiger charge is 2.27. The molecule has 172 valence electrons. The molecule has 1 aromatic carbocycles. The van der Waals surface area contributed by atoms with Gasteiger partial charge in [-0.05, 0) is 63.1 Å². The molecule has 1 atom stereocenters. The number of hydrogen-bond donors (Lipinski definition) is 1. The first-order valence-electron chi connectivity index (χ1n) is 12.0. The fraction of sp³-hybridized carbons (Fsp3) is 0.423. The van der Waals surface area contributed by atoms with Gasteiger partial charge in [0.1, 0.15) is 5.52 Å². The van der Waals surface area contributed by atoms with E-state index >= 15 is 0 Å². The number of hydrogen-bond acceptors (Lipinski definition) is 4. The second kappa shape index (κ2) is 9.96. The number of rotatable bonds is 6. The van der Waals surface area contributed by atoms with Crippen molar-refractivity contribution >= 4 is 28.8 Å². The largest absolute Gasteiger partial charge is 0.355 e. The van der Waals surface area contributed by atoms with Crippen LogP contribution in [0.3, 0.4) is 0 Å². The van der Waals surface area contributed by atoms with E-state index < -0.39 is 0 Å². The van der Waals surface area contributed by atoms with E-state index in [9.17, 15) is 4.79 Å². The van der Waals surface area contributed by atoms with E-state index in [-0.39, 0.29) is 11.8 Å². The zero-order valence-corrected chi connectivity index (χ0v) is 19.6. The molecule has 3 aromatic rings. The molecule has 1 aliphatic carbocycles. The van der Waals surface area contributed by atoms with Crippen LogP contribution in [0.25, 0.3) is 16.8 Å². The zero-order valence-electron chi connectivity index (χ0n) is 18.8. The maximum atomic E-state index is 12.9. The Morgan fingerprint density at radius 3 is 3.00 bits per heavy atom. The van der Waals surface area contributed by atoms with Gasteiger partial charge in [0.15, 0.2) is 5.82 Å². The average molecular weight is 464 g/mol. The summed E-state index contributed by atoms with van der Waals surface area (Å²) in [5, 5.41) is 8.60.